The number of nitrogens with zero attached hydrogens (tertiary/aromatic N) is 1. The van der Waals surface area contributed by atoms with Crippen LogP contribution in [0.1, 0.15) is 13.3 Å². The summed E-state index contributed by atoms with van der Waals surface area (Å²) in [5.74, 6) is 0.386. The summed E-state index contributed by atoms with van der Waals surface area (Å²) in [6.07, 6.45) is -0.183. The quantitative estimate of drug-likeness (QED) is 0.835. The molecule has 1 rings (SSSR count). The molecule has 18 heavy (non-hydrogen) atoms. The molecule has 0 radical (unpaired) electrons. The van der Waals surface area contributed by atoms with E-state index in [4.69, 9.17) is 14.7 Å². The van der Waals surface area contributed by atoms with Gasteiger partial charge in [-0.2, -0.15) is 5.26 Å². The Hall–Kier alpha value is -2.06. The highest BCUT2D eigenvalue weighted by Gasteiger charge is 2.04. The zero-order chi connectivity index (χ0) is 13.4. The lowest BCUT2D eigenvalue weighted by Crippen LogP contribution is -2.17. The summed E-state index contributed by atoms with van der Waals surface area (Å²) >= 11 is 0. The number of hydrogen-bond acceptors (Lipinski definition) is 4. The van der Waals surface area contributed by atoms with Gasteiger partial charge in [-0.3, -0.25) is 4.79 Å². The zero-order valence-corrected chi connectivity index (χ0v) is 10.5. The Morgan fingerprint density at radius 2 is 2.11 bits per heavy atom. The second-order valence-corrected chi connectivity index (χ2v) is 3.79. The van der Waals surface area contributed by atoms with E-state index in [-0.39, 0.29) is 18.4 Å². The first-order valence-corrected chi connectivity index (χ1v) is 5.58. The van der Waals surface area contributed by atoms with Crippen LogP contribution in [0.15, 0.2) is 24.3 Å². The Morgan fingerprint density at radius 3 is 2.67 bits per heavy atom. The van der Waals surface area contributed by atoms with Gasteiger partial charge in [-0.15, -0.1) is 0 Å². The molecule has 1 amide bonds. The van der Waals surface area contributed by atoms with Crippen molar-refractivity contribution in [2.75, 3.05) is 19.0 Å². The summed E-state index contributed by atoms with van der Waals surface area (Å²) in [5, 5.41) is 11.0. The summed E-state index contributed by atoms with van der Waals surface area (Å²) in [5.41, 5.74) is 0.641. The van der Waals surface area contributed by atoms with Gasteiger partial charge in [0.25, 0.3) is 0 Å². The van der Waals surface area contributed by atoms with Crippen LogP contribution in [0, 0.1) is 11.3 Å². The number of nitrogens with one attached hydrogen (secondary N) is 1. The minimum atomic E-state index is -0.320. The molecular weight excluding hydrogens is 232 g/mol. The largest absolute Gasteiger partial charge is 0.488 e. The molecule has 1 aromatic carbocycles. The smallest absolute Gasteiger partial charge is 0.238 e. The summed E-state index contributed by atoms with van der Waals surface area (Å²) in [6.45, 7) is 2.42. The summed E-state index contributed by atoms with van der Waals surface area (Å²) < 4.78 is 10.5. The lowest BCUT2D eigenvalue weighted by Gasteiger charge is -2.13. The van der Waals surface area contributed by atoms with Crippen molar-refractivity contribution in [1.29, 1.82) is 5.26 Å². The van der Waals surface area contributed by atoms with E-state index in [2.05, 4.69) is 5.32 Å². The van der Waals surface area contributed by atoms with E-state index in [9.17, 15) is 4.79 Å². The fourth-order valence-electron chi connectivity index (χ4n) is 1.39. The number of hydrogen-bond donors (Lipinski definition) is 1. The Balaban J connectivity index is 2.52. The molecule has 0 aliphatic heterocycles. The molecule has 0 aromatic heterocycles. The van der Waals surface area contributed by atoms with Crippen molar-refractivity contribution in [3.63, 3.8) is 0 Å². The predicted octanol–water partition coefficient (Wildman–Crippen LogP) is 1.95. The summed E-state index contributed by atoms with van der Waals surface area (Å²) in [7, 11) is 1.62. The van der Waals surface area contributed by atoms with Gasteiger partial charge in [0.1, 0.15) is 18.3 Å². The van der Waals surface area contributed by atoms with Crippen LogP contribution in [0.2, 0.25) is 0 Å². The van der Waals surface area contributed by atoms with E-state index in [0.717, 1.165) is 0 Å². The second-order valence-electron chi connectivity index (χ2n) is 3.79. The molecular formula is C13H16N2O3. The van der Waals surface area contributed by atoms with Gasteiger partial charge in [-0.25, -0.2) is 0 Å². The van der Waals surface area contributed by atoms with Crippen LogP contribution >= 0.6 is 0 Å². The number of amides is 1. The maximum atomic E-state index is 11.2. The minimum absolute atomic E-state index is 0.0333. The van der Waals surface area contributed by atoms with E-state index in [1.165, 1.54) is 0 Å². The number of anilines is 1. The Labute approximate surface area is 106 Å². The first-order valence-electron chi connectivity index (χ1n) is 5.58. The van der Waals surface area contributed by atoms with Crippen LogP contribution in [0.25, 0.3) is 0 Å². The molecule has 5 heteroatoms. The van der Waals surface area contributed by atoms with Crippen molar-refractivity contribution in [2.24, 2.45) is 0 Å². The van der Waals surface area contributed by atoms with E-state index in [1.807, 2.05) is 6.92 Å². The first-order chi connectivity index (χ1) is 8.65. The number of carbonyl (C=O) groups excluding carboxylic acids is 1. The number of rotatable bonds is 6. The molecule has 0 aliphatic carbocycles. The molecule has 0 saturated carbocycles. The Bertz CT molecular complexity index is 423. The molecule has 0 spiro atoms. The van der Waals surface area contributed by atoms with Crippen LogP contribution < -0.4 is 10.1 Å². The number of nitriles is 1. The number of carbonyl (C=O) groups is 1. The van der Waals surface area contributed by atoms with Crippen molar-refractivity contribution < 1.29 is 14.3 Å². The van der Waals surface area contributed by atoms with Gasteiger partial charge in [-0.05, 0) is 31.2 Å². The summed E-state index contributed by atoms with van der Waals surface area (Å²) in [6, 6.07) is 8.76. The van der Waals surface area contributed by atoms with Crippen LogP contribution in [0.5, 0.6) is 5.75 Å². The van der Waals surface area contributed by atoms with E-state index < -0.39 is 0 Å². The number of ether oxygens (including phenoxy) is 2. The molecule has 5 nitrogen and oxygen atoms in total. The Morgan fingerprint density at radius 1 is 1.44 bits per heavy atom. The number of benzene rings is 1. The van der Waals surface area contributed by atoms with Crippen molar-refractivity contribution in [2.45, 2.75) is 19.4 Å². The molecule has 96 valence electrons. The van der Waals surface area contributed by atoms with Gasteiger partial charge in [-0.1, -0.05) is 0 Å². The lowest BCUT2D eigenvalue weighted by molar-refractivity contribution is -0.115. The van der Waals surface area contributed by atoms with Gasteiger partial charge in [0.15, 0.2) is 0 Å². The van der Waals surface area contributed by atoms with Crippen molar-refractivity contribution in [3.05, 3.63) is 24.3 Å². The highest BCUT2D eigenvalue weighted by atomic mass is 16.5. The monoisotopic (exact) mass is 248 g/mol. The fourth-order valence-corrected chi connectivity index (χ4v) is 1.39. The third-order valence-corrected chi connectivity index (χ3v) is 2.12. The van der Waals surface area contributed by atoms with Crippen LogP contribution in [-0.4, -0.2) is 25.7 Å². The third-order valence-electron chi connectivity index (χ3n) is 2.12. The van der Waals surface area contributed by atoms with E-state index >= 15 is 0 Å². The summed E-state index contributed by atoms with van der Waals surface area (Å²) in [4.78, 5) is 11.2. The van der Waals surface area contributed by atoms with Gasteiger partial charge >= 0.3 is 0 Å². The van der Waals surface area contributed by atoms with E-state index in [1.54, 1.807) is 37.4 Å². The van der Waals surface area contributed by atoms with Crippen LogP contribution in [-0.2, 0) is 9.53 Å². The van der Waals surface area contributed by atoms with Crippen molar-refractivity contribution >= 4 is 11.6 Å². The molecule has 1 N–H and O–H groups in total. The number of methoxy groups -OCH3 is 1. The molecule has 0 fully saturated rings. The maximum absolute atomic E-state index is 11.2. The fraction of sp³-hybridized carbons (Fsp3) is 0.385. The molecule has 1 atom stereocenters. The average Bonchev–Trinajstić information content (AvgIpc) is 2.32. The lowest BCUT2D eigenvalue weighted by atomic mass is 10.3. The molecule has 0 aliphatic rings. The maximum Gasteiger partial charge on any atom is 0.238 e. The highest BCUT2D eigenvalue weighted by molar-refractivity contribution is 5.92. The predicted molar refractivity (Wildman–Crippen MR) is 67.3 cm³/mol. The van der Waals surface area contributed by atoms with Gasteiger partial charge in [0, 0.05) is 12.8 Å². The standard InChI is InChI=1S/C13H16N2O3/c1-10(9-17-2)18-12-5-3-11(4-6-12)15-13(16)7-8-14/h3-6,10H,7,9H2,1-2H3,(H,15,16). The zero-order valence-electron chi connectivity index (χ0n) is 10.5. The Kier molecular flexibility index (Phi) is 5.68. The average molecular weight is 248 g/mol. The molecule has 0 saturated heterocycles. The van der Waals surface area contributed by atoms with Crippen LogP contribution in [0.3, 0.4) is 0 Å². The van der Waals surface area contributed by atoms with Gasteiger partial charge in [0.2, 0.25) is 5.91 Å². The topological polar surface area (TPSA) is 71.3 Å². The highest BCUT2D eigenvalue weighted by Crippen LogP contribution is 2.17. The minimum Gasteiger partial charge on any atom is -0.488 e. The van der Waals surface area contributed by atoms with Crippen LogP contribution in [0.4, 0.5) is 5.69 Å². The normalized spacial score (nSPS) is 11.4. The second kappa shape index (κ2) is 7.30. The third kappa shape index (κ3) is 4.85. The van der Waals surface area contributed by atoms with Gasteiger partial charge in [0.05, 0.1) is 12.7 Å². The molecule has 1 aromatic rings. The van der Waals surface area contributed by atoms with Crippen molar-refractivity contribution in [3.8, 4) is 11.8 Å². The molecule has 0 bridgehead atoms. The van der Waals surface area contributed by atoms with Crippen molar-refractivity contribution in [1.82, 2.24) is 0 Å². The van der Waals surface area contributed by atoms with Gasteiger partial charge < -0.3 is 14.8 Å². The molecule has 1 unspecified atom stereocenters. The van der Waals surface area contributed by atoms with E-state index in [0.29, 0.717) is 18.0 Å². The first kappa shape index (κ1) is 14.0. The SMILES string of the molecule is COCC(C)Oc1ccc(NC(=O)CC#N)cc1. The molecule has 0 heterocycles.